The van der Waals surface area contributed by atoms with E-state index in [2.05, 4.69) is 0 Å². The van der Waals surface area contributed by atoms with Crippen molar-refractivity contribution in [2.45, 2.75) is 83.0 Å². The summed E-state index contributed by atoms with van der Waals surface area (Å²) in [5.74, 6) is -0.875. The van der Waals surface area contributed by atoms with Gasteiger partial charge in [0.15, 0.2) is 0 Å². The largest absolute Gasteiger partial charge is 0.481 e. The summed E-state index contributed by atoms with van der Waals surface area (Å²) < 4.78 is 5.96. The minimum absolute atomic E-state index is 0.0389. The molecular weight excluding hydrogens is 270 g/mol. The van der Waals surface area contributed by atoms with E-state index < -0.39 is 12.1 Å². The molecule has 1 heterocycles. The number of carbonyl (C=O) groups excluding carboxylic acids is 1. The second-order valence-corrected chi connectivity index (χ2v) is 6.32. The average molecular weight is 297 g/mol. The van der Waals surface area contributed by atoms with Crippen LogP contribution in [0, 0.1) is 0 Å². The number of likely N-dealkylation sites (tertiary alicyclic amines) is 1. The molecule has 0 aromatic heterocycles. The fourth-order valence-corrected chi connectivity index (χ4v) is 3.50. The number of amides is 1. The van der Waals surface area contributed by atoms with Gasteiger partial charge in [0.05, 0.1) is 12.5 Å². The molecule has 0 spiro atoms. The molecule has 0 aromatic carbocycles. The number of ether oxygens (including phenoxy) is 1. The third-order valence-electron chi connectivity index (χ3n) is 4.62. The van der Waals surface area contributed by atoms with E-state index in [1.54, 1.807) is 4.90 Å². The molecule has 2 rings (SSSR count). The molecule has 5 heteroatoms. The number of rotatable bonds is 5. The topological polar surface area (TPSA) is 66.8 Å². The number of aliphatic carboxylic acids is 1. The first-order valence-electron chi connectivity index (χ1n) is 8.25. The second-order valence-electron chi connectivity index (χ2n) is 6.32. The Morgan fingerprint density at radius 3 is 2.43 bits per heavy atom. The molecule has 120 valence electrons. The minimum Gasteiger partial charge on any atom is -0.481 e. The lowest BCUT2D eigenvalue weighted by Crippen LogP contribution is -2.43. The molecule has 2 fully saturated rings. The molecule has 1 amide bonds. The third kappa shape index (κ3) is 4.70. The molecule has 5 nitrogen and oxygen atoms in total. The van der Waals surface area contributed by atoms with Crippen molar-refractivity contribution in [3.8, 4) is 0 Å². The molecule has 2 atom stereocenters. The summed E-state index contributed by atoms with van der Waals surface area (Å²) in [4.78, 5) is 25.1. The smallest absolute Gasteiger partial charge is 0.305 e. The van der Waals surface area contributed by atoms with Crippen LogP contribution in [0.25, 0.3) is 0 Å². The Balaban J connectivity index is 1.87. The van der Waals surface area contributed by atoms with Gasteiger partial charge in [0, 0.05) is 12.6 Å². The molecule has 0 aromatic rings. The molecule has 0 bridgehead atoms. The molecule has 0 radical (unpaired) electrons. The van der Waals surface area contributed by atoms with Crippen molar-refractivity contribution in [1.82, 2.24) is 4.90 Å². The highest BCUT2D eigenvalue weighted by Crippen LogP contribution is 2.24. The highest BCUT2D eigenvalue weighted by atomic mass is 16.5. The van der Waals surface area contributed by atoms with Crippen LogP contribution in [0.4, 0.5) is 0 Å². The number of hydrogen-bond acceptors (Lipinski definition) is 3. The van der Waals surface area contributed by atoms with Gasteiger partial charge in [-0.3, -0.25) is 9.59 Å². The maximum absolute atomic E-state index is 12.5. The molecule has 1 N–H and O–H groups in total. The first-order chi connectivity index (χ1) is 10.1. The quantitative estimate of drug-likeness (QED) is 0.792. The number of carboxylic acids is 1. The van der Waals surface area contributed by atoms with Gasteiger partial charge in [-0.2, -0.15) is 0 Å². The summed E-state index contributed by atoms with van der Waals surface area (Å²) in [6, 6.07) is -0.157. The lowest BCUT2D eigenvalue weighted by molar-refractivity contribution is -0.149. The van der Waals surface area contributed by atoms with Gasteiger partial charge in [-0.25, -0.2) is 0 Å². The van der Waals surface area contributed by atoms with Crippen molar-refractivity contribution < 1.29 is 19.4 Å². The zero-order chi connectivity index (χ0) is 15.2. The Labute approximate surface area is 126 Å². The van der Waals surface area contributed by atoms with Crippen molar-refractivity contribution in [2.24, 2.45) is 0 Å². The van der Waals surface area contributed by atoms with Crippen LogP contribution >= 0.6 is 0 Å². The highest BCUT2D eigenvalue weighted by Gasteiger charge is 2.33. The Hall–Kier alpha value is -1.10. The number of hydrogen-bond donors (Lipinski definition) is 1. The first-order valence-corrected chi connectivity index (χ1v) is 8.25. The van der Waals surface area contributed by atoms with Gasteiger partial charge in [-0.15, -0.1) is 0 Å². The van der Waals surface area contributed by atoms with E-state index in [1.807, 2.05) is 6.92 Å². The molecule has 2 aliphatic rings. The van der Waals surface area contributed by atoms with Gasteiger partial charge >= 0.3 is 5.97 Å². The lowest BCUT2D eigenvalue weighted by atomic mass is 10.1. The van der Waals surface area contributed by atoms with E-state index in [0.29, 0.717) is 6.54 Å². The summed E-state index contributed by atoms with van der Waals surface area (Å²) in [6.45, 7) is 2.47. The summed E-state index contributed by atoms with van der Waals surface area (Å²) in [5.41, 5.74) is 0. The maximum Gasteiger partial charge on any atom is 0.305 e. The number of carbonyl (C=O) groups is 2. The minimum atomic E-state index is -0.836. The van der Waals surface area contributed by atoms with Gasteiger partial charge in [-0.1, -0.05) is 25.7 Å². The summed E-state index contributed by atoms with van der Waals surface area (Å²) in [6.07, 6.45) is 8.40. The van der Waals surface area contributed by atoms with Crippen LogP contribution in [-0.4, -0.2) is 46.7 Å². The highest BCUT2D eigenvalue weighted by molar-refractivity contribution is 5.82. The normalized spacial score (nSPS) is 25.6. The summed E-state index contributed by atoms with van der Waals surface area (Å²) >= 11 is 0. The zero-order valence-electron chi connectivity index (χ0n) is 12.9. The monoisotopic (exact) mass is 297 g/mol. The van der Waals surface area contributed by atoms with E-state index in [4.69, 9.17) is 9.84 Å². The Kier molecular flexibility index (Phi) is 6.03. The van der Waals surface area contributed by atoms with Crippen LogP contribution in [0.5, 0.6) is 0 Å². The van der Waals surface area contributed by atoms with Crippen molar-refractivity contribution in [3.63, 3.8) is 0 Å². The number of carboxylic acid groups (broad SMARTS) is 1. The Morgan fingerprint density at radius 1 is 1.14 bits per heavy atom. The SMILES string of the molecule is CC(OC1CCCCCC1)C(=O)N1CCCC1CC(=O)O. The van der Waals surface area contributed by atoms with Crippen LogP contribution < -0.4 is 0 Å². The Morgan fingerprint density at radius 2 is 1.81 bits per heavy atom. The van der Waals surface area contributed by atoms with Crippen LogP contribution in [0.2, 0.25) is 0 Å². The summed E-state index contributed by atoms with van der Waals surface area (Å²) in [7, 11) is 0. The fraction of sp³-hybridized carbons (Fsp3) is 0.875. The fourth-order valence-electron chi connectivity index (χ4n) is 3.50. The first kappa shape index (κ1) is 16.3. The van der Waals surface area contributed by atoms with Gasteiger partial charge in [0.1, 0.15) is 6.10 Å². The average Bonchev–Trinajstić information content (AvgIpc) is 2.72. The second kappa shape index (κ2) is 7.78. The predicted octanol–water partition coefficient (Wildman–Crippen LogP) is 2.58. The van der Waals surface area contributed by atoms with E-state index in [1.165, 1.54) is 25.7 Å². The van der Waals surface area contributed by atoms with Crippen molar-refractivity contribution in [3.05, 3.63) is 0 Å². The summed E-state index contributed by atoms with van der Waals surface area (Å²) in [5, 5.41) is 8.94. The van der Waals surface area contributed by atoms with E-state index in [-0.39, 0.29) is 24.5 Å². The van der Waals surface area contributed by atoms with E-state index in [9.17, 15) is 9.59 Å². The molecule has 21 heavy (non-hydrogen) atoms. The lowest BCUT2D eigenvalue weighted by Gasteiger charge is -2.28. The van der Waals surface area contributed by atoms with Crippen LogP contribution in [0.1, 0.15) is 64.7 Å². The van der Waals surface area contributed by atoms with Gasteiger partial charge in [0.2, 0.25) is 0 Å². The van der Waals surface area contributed by atoms with Crippen LogP contribution in [0.3, 0.4) is 0 Å². The van der Waals surface area contributed by atoms with Crippen LogP contribution in [0.15, 0.2) is 0 Å². The predicted molar refractivity (Wildman–Crippen MR) is 79.0 cm³/mol. The van der Waals surface area contributed by atoms with E-state index >= 15 is 0 Å². The third-order valence-corrected chi connectivity index (χ3v) is 4.62. The molecule has 2 unspecified atom stereocenters. The maximum atomic E-state index is 12.5. The van der Waals surface area contributed by atoms with Gasteiger partial charge in [0.25, 0.3) is 5.91 Å². The van der Waals surface area contributed by atoms with Gasteiger partial charge in [-0.05, 0) is 32.6 Å². The molecule has 1 aliphatic carbocycles. The molecule has 1 aliphatic heterocycles. The zero-order valence-corrected chi connectivity index (χ0v) is 12.9. The van der Waals surface area contributed by atoms with Crippen molar-refractivity contribution in [1.29, 1.82) is 0 Å². The molecular formula is C16H27NO4. The standard InChI is InChI=1S/C16H27NO4/c1-12(21-14-8-4-2-3-5-9-14)16(20)17-10-6-7-13(17)11-15(18)19/h12-14H,2-11H2,1H3,(H,18,19). The van der Waals surface area contributed by atoms with E-state index in [0.717, 1.165) is 25.7 Å². The van der Waals surface area contributed by atoms with Crippen molar-refractivity contribution in [2.75, 3.05) is 6.54 Å². The van der Waals surface area contributed by atoms with Crippen molar-refractivity contribution >= 4 is 11.9 Å². The Bertz CT molecular complexity index is 363. The number of nitrogens with zero attached hydrogens (tertiary/aromatic N) is 1. The van der Waals surface area contributed by atoms with Crippen LogP contribution in [-0.2, 0) is 14.3 Å². The molecule has 1 saturated carbocycles. The van der Waals surface area contributed by atoms with Gasteiger partial charge < -0.3 is 14.7 Å². The molecule has 1 saturated heterocycles.